The third-order valence-electron chi connectivity index (χ3n) is 3.44. The van der Waals surface area contributed by atoms with Crippen molar-refractivity contribution in [2.24, 2.45) is 5.92 Å². The molecule has 0 aromatic heterocycles. The van der Waals surface area contributed by atoms with Crippen molar-refractivity contribution < 1.29 is 32.9 Å². The Labute approximate surface area is 155 Å². The molecule has 0 aliphatic rings. The fourth-order valence-electron chi connectivity index (χ4n) is 2.10. The summed E-state index contributed by atoms with van der Waals surface area (Å²) in [7, 11) is -0.719. The Morgan fingerprint density at radius 1 is 1.15 bits per heavy atom. The maximum absolute atomic E-state index is 11.9. The molecule has 2 unspecified atom stereocenters. The number of methoxy groups -OCH3 is 2. The van der Waals surface area contributed by atoms with Crippen LogP contribution in [0.15, 0.2) is 24.3 Å². The Hall–Kier alpha value is -0.990. The van der Waals surface area contributed by atoms with E-state index in [1.807, 2.05) is 26.0 Å². The molecule has 150 valence electrons. The molecule has 1 aromatic carbocycles. The smallest absolute Gasteiger partial charge is 0.403 e. The molecule has 1 rings (SSSR count). The van der Waals surface area contributed by atoms with Crippen LogP contribution in [0.3, 0.4) is 0 Å². The summed E-state index contributed by atoms with van der Waals surface area (Å²) in [5.74, 6) is 0.728. The Bertz CT molecular complexity index is 536. The minimum Gasteiger partial charge on any atom is -0.491 e. The Morgan fingerprint density at radius 3 is 2.38 bits per heavy atom. The minimum atomic E-state index is -3.85. The number of ether oxygens (including phenoxy) is 4. The fourth-order valence-corrected chi connectivity index (χ4v) is 3.06. The van der Waals surface area contributed by atoms with E-state index in [-0.39, 0.29) is 19.1 Å². The summed E-state index contributed by atoms with van der Waals surface area (Å²) in [4.78, 5) is 9.74. The van der Waals surface area contributed by atoms with Gasteiger partial charge in [0.05, 0.1) is 13.2 Å². The monoisotopic (exact) mass is 391 g/mol. The van der Waals surface area contributed by atoms with Crippen molar-refractivity contribution >= 4 is 7.75 Å². The van der Waals surface area contributed by atoms with Gasteiger partial charge in [0.1, 0.15) is 12.4 Å². The first-order valence-corrected chi connectivity index (χ1v) is 10.1. The number of hydrogen-bond donors (Lipinski definition) is 2. The summed E-state index contributed by atoms with van der Waals surface area (Å²) in [6.07, 6.45) is -0.427. The molecular weight excluding hydrogens is 361 g/mol. The lowest BCUT2D eigenvalue weighted by molar-refractivity contribution is -0.106. The molecule has 1 aromatic rings. The van der Waals surface area contributed by atoms with Crippen LogP contribution in [-0.2, 0) is 23.3 Å². The van der Waals surface area contributed by atoms with Crippen molar-refractivity contribution in [3.05, 3.63) is 29.8 Å². The van der Waals surface area contributed by atoms with E-state index in [2.05, 4.69) is 5.09 Å². The molecule has 0 aliphatic heterocycles. The van der Waals surface area contributed by atoms with Gasteiger partial charge in [-0.3, -0.25) is 4.52 Å². The number of hydrogen-bond acceptors (Lipinski definition) is 6. The number of nitrogens with one attached hydrogen (secondary N) is 1. The van der Waals surface area contributed by atoms with Crippen molar-refractivity contribution in [2.45, 2.75) is 20.1 Å². The molecule has 0 fully saturated rings. The standard InChI is InChI=1S/C17H30NO7P/c1-5-23-13-14(2)12-18-26(19,20)25-11-10-24-16-8-6-15(7-9-16)17(21-3)22-4/h6-9,14,17H,5,10-13H2,1-4H3,(H2,18,19,20). The van der Waals surface area contributed by atoms with Crippen LogP contribution in [0, 0.1) is 5.92 Å². The van der Waals surface area contributed by atoms with E-state index >= 15 is 0 Å². The zero-order chi connectivity index (χ0) is 19.4. The summed E-state index contributed by atoms with van der Waals surface area (Å²) in [6.45, 7) is 5.44. The van der Waals surface area contributed by atoms with Crippen molar-refractivity contribution in [1.29, 1.82) is 0 Å². The van der Waals surface area contributed by atoms with E-state index in [0.717, 1.165) is 5.56 Å². The normalized spacial score (nSPS) is 15.0. The average Bonchev–Trinajstić information content (AvgIpc) is 2.64. The Morgan fingerprint density at radius 2 is 1.81 bits per heavy atom. The quantitative estimate of drug-likeness (QED) is 0.284. The maximum atomic E-state index is 11.9. The summed E-state index contributed by atoms with van der Waals surface area (Å²) < 4.78 is 38.0. The van der Waals surface area contributed by atoms with Gasteiger partial charge in [0, 0.05) is 32.9 Å². The van der Waals surface area contributed by atoms with Gasteiger partial charge in [0.2, 0.25) is 0 Å². The molecule has 2 atom stereocenters. The van der Waals surface area contributed by atoms with Crippen LogP contribution in [-0.4, -0.2) is 52.1 Å². The maximum Gasteiger partial charge on any atom is 0.403 e. The summed E-state index contributed by atoms with van der Waals surface area (Å²) in [6, 6.07) is 7.19. The molecule has 0 amide bonds. The highest BCUT2D eigenvalue weighted by molar-refractivity contribution is 7.50. The topological polar surface area (TPSA) is 95.5 Å². The second-order valence-electron chi connectivity index (χ2n) is 5.70. The largest absolute Gasteiger partial charge is 0.491 e. The second-order valence-corrected chi connectivity index (χ2v) is 7.32. The minimum absolute atomic E-state index is 0.0128. The van der Waals surface area contributed by atoms with Gasteiger partial charge in [-0.25, -0.2) is 9.65 Å². The van der Waals surface area contributed by atoms with Crippen molar-refractivity contribution in [2.75, 3.05) is 47.2 Å². The SMILES string of the molecule is CCOCC(C)CNP(=O)(O)OCCOc1ccc(C(OC)OC)cc1. The van der Waals surface area contributed by atoms with Crippen LogP contribution in [0.1, 0.15) is 25.7 Å². The van der Waals surface area contributed by atoms with Crippen LogP contribution in [0.2, 0.25) is 0 Å². The molecule has 0 saturated heterocycles. The zero-order valence-electron chi connectivity index (χ0n) is 15.8. The van der Waals surface area contributed by atoms with E-state index in [9.17, 15) is 9.46 Å². The number of rotatable bonds is 14. The van der Waals surface area contributed by atoms with E-state index < -0.39 is 14.0 Å². The Kier molecular flexibility index (Phi) is 11.0. The Balaban J connectivity index is 2.29. The molecule has 0 spiro atoms. The lowest BCUT2D eigenvalue weighted by Gasteiger charge is -2.17. The third kappa shape index (κ3) is 9.09. The van der Waals surface area contributed by atoms with E-state index in [4.69, 9.17) is 23.5 Å². The highest BCUT2D eigenvalue weighted by Gasteiger charge is 2.19. The van der Waals surface area contributed by atoms with Crippen LogP contribution >= 0.6 is 7.75 Å². The molecule has 0 aliphatic carbocycles. The first-order valence-electron chi connectivity index (χ1n) is 8.50. The van der Waals surface area contributed by atoms with Crippen LogP contribution in [0.5, 0.6) is 5.75 Å². The molecule has 9 heteroatoms. The van der Waals surface area contributed by atoms with Gasteiger partial charge in [-0.2, -0.15) is 0 Å². The van der Waals surface area contributed by atoms with Crippen LogP contribution < -0.4 is 9.82 Å². The van der Waals surface area contributed by atoms with Gasteiger partial charge in [0.25, 0.3) is 0 Å². The first kappa shape index (κ1) is 23.0. The lowest BCUT2D eigenvalue weighted by Crippen LogP contribution is -2.23. The van der Waals surface area contributed by atoms with Crippen molar-refractivity contribution in [3.8, 4) is 5.75 Å². The third-order valence-corrected chi connectivity index (χ3v) is 4.56. The molecule has 0 saturated carbocycles. The van der Waals surface area contributed by atoms with Gasteiger partial charge in [-0.05, 0) is 25.0 Å². The molecule has 0 radical (unpaired) electrons. The van der Waals surface area contributed by atoms with Gasteiger partial charge < -0.3 is 23.8 Å². The van der Waals surface area contributed by atoms with Gasteiger partial charge in [-0.15, -0.1) is 0 Å². The summed E-state index contributed by atoms with van der Waals surface area (Å²) in [5, 5.41) is 2.52. The van der Waals surface area contributed by atoms with E-state index in [0.29, 0.717) is 25.5 Å². The van der Waals surface area contributed by atoms with Gasteiger partial charge in [0.15, 0.2) is 6.29 Å². The average molecular weight is 391 g/mol. The molecule has 26 heavy (non-hydrogen) atoms. The van der Waals surface area contributed by atoms with Crippen molar-refractivity contribution in [1.82, 2.24) is 5.09 Å². The predicted octanol–water partition coefficient (Wildman–Crippen LogP) is 2.74. The predicted molar refractivity (Wildman–Crippen MR) is 98.1 cm³/mol. The molecule has 8 nitrogen and oxygen atoms in total. The molecular formula is C17H30NO7P. The molecule has 0 heterocycles. The van der Waals surface area contributed by atoms with Gasteiger partial charge in [-0.1, -0.05) is 19.1 Å². The molecule has 2 N–H and O–H groups in total. The van der Waals surface area contributed by atoms with Crippen LogP contribution in [0.4, 0.5) is 0 Å². The van der Waals surface area contributed by atoms with E-state index in [1.54, 1.807) is 26.4 Å². The van der Waals surface area contributed by atoms with Crippen LogP contribution in [0.25, 0.3) is 0 Å². The number of benzene rings is 1. The zero-order valence-corrected chi connectivity index (χ0v) is 16.7. The second kappa shape index (κ2) is 12.4. The summed E-state index contributed by atoms with van der Waals surface area (Å²) >= 11 is 0. The summed E-state index contributed by atoms with van der Waals surface area (Å²) in [5.41, 5.74) is 0.865. The highest BCUT2D eigenvalue weighted by atomic mass is 31.2. The highest BCUT2D eigenvalue weighted by Crippen LogP contribution is 2.36. The van der Waals surface area contributed by atoms with E-state index in [1.165, 1.54) is 0 Å². The fraction of sp³-hybridized carbons (Fsp3) is 0.647. The molecule has 0 bridgehead atoms. The van der Waals surface area contributed by atoms with Crippen molar-refractivity contribution in [3.63, 3.8) is 0 Å². The van der Waals surface area contributed by atoms with Gasteiger partial charge >= 0.3 is 7.75 Å². The lowest BCUT2D eigenvalue weighted by atomic mass is 10.2. The first-order chi connectivity index (χ1) is 12.4.